The first-order valence-corrected chi connectivity index (χ1v) is 5.38. The third-order valence-corrected chi connectivity index (χ3v) is 2.92. The zero-order valence-corrected chi connectivity index (χ0v) is 10.4. The van der Waals surface area contributed by atoms with Crippen LogP contribution in [0.15, 0.2) is 18.2 Å². The predicted molar refractivity (Wildman–Crippen MR) is 63.6 cm³/mol. The molecule has 0 spiro atoms. The molecule has 0 saturated carbocycles. The van der Waals surface area contributed by atoms with E-state index in [0.717, 1.165) is 0 Å². The molecule has 0 bridgehead atoms. The molecule has 1 fully saturated rings. The Morgan fingerprint density at radius 2 is 1.94 bits per heavy atom. The largest absolute Gasteiger partial charge is 0.497 e. The maximum Gasteiger partial charge on any atom is 0.324 e. The van der Waals surface area contributed by atoms with Crippen molar-refractivity contribution in [2.75, 3.05) is 21.3 Å². The van der Waals surface area contributed by atoms with Crippen LogP contribution < -0.4 is 14.8 Å². The molecule has 3 amide bonds. The summed E-state index contributed by atoms with van der Waals surface area (Å²) in [6.45, 7) is 0. The Kier molecular flexibility index (Phi) is 3.10. The van der Waals surface area contributed by atoms with Crippen LogP contribution in [0.3, 0.4) is 0 Å². The number of benzene rings is 1. The van der Waals surface area contributed by atoms with Crippen molar-refractivity contribution in [3.8, 4) is 11.5 Å². The van der Waals surface area contributed by atoms with Crippen molar-refractivity contribution in [3.63, 3.8) is 0 Å². The van der Waals surface area contributed by atoms with Crippen LogP contribution >= 0.6 is 0 Å². The highest BCUT2D eigenvalue weighted by Gasteiger charge is 2.38. The van der Waals surface area contributed by atoms with Gasteiger partial charge in [0.2, 0.25) is 0 Å². The lowest BCUT2D eigenvalue weighted by Crippen LogP contribution is -2.25. The second-order valence-corrected chi connectivity index (χ2v) is 3.92. The second kappa shape index (κ2) is 4.56. The fourth-order valence-corrected chi connectivity index (χ4v) is 1.95. The number of nitrogens with zero attached hydrogens (tertiary/aromatic N) is 1. The van der Waals surface area contributed by atoms with Crippen molar-refractivity contribution >= 4 is 11.9 Å². The lowest BCUT2D eigenvalue weighted by Gasteiger charge is -2.19. The fraction of sp³-hybridized carbons (Fsp3) is 0.333. The summed E-state index contributed by atoms with van der Waals surface area (Å²) in [6.07, 6.45) is 0. The number of carbonyl (C=O) groups excluding carboxylic acids is 2. The highest BCUT2D eigenvalue weighted by Crippen LogP contribution is 2.34. The average Bonchev–Trinajstić information content (AvgIpc) is 2.62. The van der Waals surface area contributed by atoms with Crippen LogP contribution in [0, 0.1) is 0 Å². The normalized spacial score (nSPS) is 18.8. The van der Waals surface area contributed by atoms with Crippen molar-refractivity contribution in [1.82, 2.24) is 10.2 Å². The number of hydrogen-bond donors (Lipinski definition) is 1. The number of urea groups is 1. The number of methoxy groups -OCH3 is 2. The molecule has 6 nitrogen and oxygen atoms in total. The van der Waals surface area contributed by atoms with E-state index in [0.29, 0.717) is 17.1 Å². The zero-order chi connectivity index (χ0) is 13.3. The number of ether oxygens (including phenoxy) is 2. The van der Waals surface area contributed by atoms with Gasteiger partial charge < -0.3 is 14.4 Å². The monoisotopic (exact) mass is 250 g/mol. The molecule has 0 radical (unpaired) electrons. The van der Waals surface area contributed by atoms with Gasteiger partial charge in [-0.05, 0) is 12.1 Å². The van der Waals surface area contributed by atoms with Gasteiger partial charge in [-0.2, -0.15) is 0 Å². The summed E-state index contributed by atoms with van der Waals surface area (Å²) in [5.41, 5.74) is 0.629. The van der Waals surface area contributed by atoms with E-state index in [9.17, 15) is 9.59 Å². The summed E-state index contributed by atoms with van der Waals surface area (Å²) in [7, 11) is 4.62. The predicted octanol–water partition coefficient (Wildman–Crippen LogP) is 0.927. The van der Waals surface area contributed by atoms with Gasteiger partial charge in [-0.3, -0.25) is 10.1 Å². The van der Waals surface area contributed by atoms with Crippen LogP contribution in [0.25, 0.3) is 0 Å². The highest BCUT2D eigenvalue weighted by molar-refractivity contribution is 6.04. The van der Waals surface area contributed by atoms with Crippen molar-refractivity contribution in [1.29, 1.82) is 0 Å². The second-order valence-electron chi connectivity index (χ2n) is 3.92. The smallest absolute Gasteiger partial charge is 0.324 e. The topological polar surface area (TPSA) is 67.9 Å². The molecule has 1 heterocycles. The first kappa shape index (κ1) is 12.2. The summed E-state index contributed by atoms with van der Waals surface area (Å²) in [5, 5.41) is 2.26. The number of amides is 3. The van der Waals surface area contributed by atoms with Crippen LogP contribution in [0.4, 0.5) is 4.79 Å². The van der Waals surface area contributed by atoms with Crippen LogP contribution in [0.2, 0.25) is 0 Å². The molecule has 0 aromatic heterocycles. The van der Waals surface area contributed by atoms with Gasteiger partial charge in [0.05, 0.1) is 14.2 Å². The molecule has 6 heteroatoms. The lowest BCUT2D eigenvalue weighted by atomic mass is 10.0. The first-order valence-electron chi connectivity index (χ1n) is 5.38. The maximum atomic E-state index is 11.8. The minimum atomic E-state index is -0.668. The molecule has 2 rings (SSSR count). The van der Waals surface area contributed by atoms with Gasteiger partial charge in [-0.1, -0.05) is 0 Å². The summed E-state index contributed by atoms with van der Waals surface area (Å²) < 4.78 is 10.3. The average molecular weight is 250 g/mol. The maximum absolute atomic E-state index is 11.8. The SMILES string of the molecule is COc1ccc(C2C(=O)NC(=O)N2C)c(OC)c1. The van der Waals surface area contributed by atoms with Crippen LogP contribution in [-0.2, 0) is 4.79 Å². The third-order valence-electron chi connectivity index (χ3n) is 2.92. The Bertz CT molecular complexity index is 501. The lowest BCUT2D eigenvalue weighted by molar-refractivity contribution is -0.121. The molecule has 1 saturated heterocycles. The van der Waals surface area contributed by atoms with Gasteiger partial charge in [0.15, 0.2) is 0 Å². The Balaban J connectivity index is 2.44. The van der Waals surface area contributed by atoms with Crippen molar-refractivity contribution in [2.24, 2.45) is 0 Å². The number of nitrogens with one attached hydrogen (secondary N) is 1. The number of rotatable bonds is 3. The highest BCUT2D eigenvalue weighted by atomic mass is 16.5. The molecular formula is C12H14N2O4. The number of carbonyl (C=O) groups is 2. The van der Waals surface area contributed by atoms with Gasteiger partial charge in [0.1, 0.15) is 17.5 Å². The zero-order valence-electron chi connectivity index (χ0n) is 10.4. The molecule has 1 aliphatic heterocycles. The van der Waals surface area contributed by atoms with Crippen LogP contribution in [0.1, 0.15) is 11.6 Å². The molecule has 1 N–H and O–H groups in total. The number of likely N-dealkylation sites (N-methyl/N-ethyl adjacent to an activating group) is 1. The van der Waals surface area contributed by atoms with E-state index < -0.39 is 12.1 Å². The quantitative estimate of drug-likeness (QED) is 0.810. The van der Waals surface area contributed by atoms with E-state index >= 15 is 0 Å². The van der Waals surface area contributed by atoms with Crippen molar-refractivity contribution in [3.05, 3.63) is 23.8 Å². The minimum Gasteiger partial charge on any atom is -0.497 e. The first-order chi connectivity index (χ1) is 8.58. The van der Waals surface area contributed by atoms with Gasteiger partial charge >= 0.3 is 6.03 Å². The molecule has 1 unspecified atom stereocenters. The van der Waals surface area contributed by atoms with Crippen molar-refractivity contribution in [2.45, 2.75) is 6.04 Å². The van der Waals surface area contributed by atoms with Gasteiger partial charge in [0.25, 0.3) is 5.91 Å². The fourth-order valence-electron chi connectivity index (χ4n) is 1.95. The Labute approximate surface area is 104 Å². The molecule has 1 aromatic rings. The van der Waals surface area contributed by atoms with E-state index in [1.54, 1.807) is 32.4 Å². The van der Waals surface area contributed by atoms with Crippen LogP contribution in [0.5, 0.6) is 11.5 Å². The molecule has 1 atom stereocenters. The summed E-state index contributed by atoms with van der Waals surface area (Å²) in [6, 6.07) is 4.04. The van der Waals surface area contributed by atoms with E-state index in [4.69, 9.17) is 9.47 Å². The molecule has 96 valence electrons. The Morgan fingerprint density at radius 3 is 2.44 bits per heavy atom. The summed E-state index contributed by atoms with van der Waals surface area (Å²) in [5.74, 6) is 0.782. The third kappa shape index (κ3) is 1.85. The Hall–Kier alpha value is -2.24. The molecule has 1 aliphatic rings. The van der Waals surface area contributed by atoms with Gasteiger partial charge in [0, 0.05) is 18.7 Å². The van der Waals surface area contributed by atoms with Gasteiger partial charge in [-0.15, -0.1) is 0 Å². The van der Waals surface area contributed by atoms with Crippen LogP contribution in [-0.4, -0.2) is 38.1 Å². The summed E-state index contributed by atoms with van der Waals surface area (Å²) in [4.78, 5) is 24.5. The molecule has 0 aliphatic carbocycles. The van der Waals surface area contributed by atoms with E-state index in [1.807, 2.05) is 0 Å². The van der Waals surface area contributed by atoms with Gasteiger partial charge in [-0.25, -0.2) is 4.79 Å². The van der Waals surface area contributed by atoms with E-state index in [2.05, 4.69) is 5.32 Å². The summed E-state index contributed by atoms with van der Waals surface area (Å²) >= 11 is 0. The number of imide groups is 1. The van der Waals surface area contributed by atoms with Crippen molar-refractivity contribution < 1.29 is 19.1 Å². The molecular weight excluding hydrogens is 236 g/mol. The molecule has 18 heavy (non-hydrogen) atoms. The standard InChI is InChI=1S/C12H14N2O4/c1-14-10(11(15)13-12(14)16)8-5-4-7(17-2)6-9(8)18-3/h4-6,10H,1-3H3,(H,13,15,16). The minimum absolute atomic E-state index is 0.356. The van der Waals surface area contributed by atoms with E-state index in [1.165, 1.54) is 12.0 Å². The molecule has 1 aromatic carbocycles. The Morgan fingerprint density at radius 1 is 1.22 bits per heavy atom. The van der Waals surface area contributed by atoms with E-state index in [-0.39, 0.29) is 5.91 Å². The number of hydrogen-bond acceptors (Lipinski definition) is 4.